The predicted molar refractivity (Wildman–Crippen MR) is 156 cm³/mol. The number of carbonyl (C=O) groups excluding carboxylic acids is 4. The van der Waals surface area contributed by atoms with Crippen molar-refractivity contribution >= 4 is 46.0 Å². The van der Waals surface area contributed by atoms with Crippen LogP contribution in [-0.2, 0) is 23.9 Å². The molecular weight excluding hydrogens is 632 g/mol. The van der Waals surface area contributed by atoms with E-state index in [1.165, 1.54) is 27.5 Å². The van der Waals surface area contributed by atoms with Crippen LogP contribution in [0.1, 0.15) is 31.0 Å². The Hall–Kier alpha value is -4.79. The number of esters is 2. The summed E-state index contributed by atoms with van der Waals surface area (Å²) in [6.45, 7) is 2.78. The van der Waals surface area contributed by atoms with Crippen molar-refractivity contribution in [2.24, 2.45) is 5.10 Å². The van der Waals surface area contributed by atoms with Gasteiger partial charge in [-0.25, -0.2) is 19.8 Å². The number of nitrogens with one attached hydrogen (secondary N) is 3. The van der Waals surface area contributed by atoms with E-state index < -0.39 is 36.5 Å². The molecule has 2 aromatic carbocycles. The Kier molecular flexibility index (Phi) is 11.8. The number of methoxy groups -OCH3 is 3. The lowest BCUT2D eigenvalue weighted by Crippen LogP contribution is -2.45. The number of allylic oxidation sites excluding steroid dienone is 1. The molecule has 14 nitrogen and oxygen atoms in total. The average molecular weight is 663 g/mol. The van der Waals surface area contributed by atoms with Crippen molar-refractivity contribution in [3.8, 4) is 23.0 Å². The Bertz CT molecular complexity index is 1440. The third-order valence-electron chi connectivity index (χ3n) is 5.86. The van der Waals surface area contributed by atoms with Crippen LogP contribution >= 0.6 is 15.9 Å². The normalized spacial score (nSPS) is 14.4. The maximum absolute atomic E-state index is 12.6. The molecule has 0 aromatic heterocycles. The van der Waals surface area contributed by atoms with Crippen LogP contribution in [0.25, 0.3) is 0 Å². The van der Waals surface area contributed by atoms with E-state index >= 15 is 0 Å². The Morgan fingerprint density at radius 2 is 1.77 bits per heavy atom. The minimum atomic E-state index is -0.791. The number of rotatable bonds is 13. The van der Waals surface area contributed by atoms with Gasteiger partial charge < -0.3 is 39.1 Å². The van der Waals surface area contributed by atoms with Crippen molar-refractivity contribution in [2.75, 3.05) is 41.2 Å². The Morgan fingerprint density at radius 1 is 1.02 bits per heavy atom. The van der Waals surface area contributed by atoms with E-state index in [4.69, 9.17) is 23.7 Å². The molecule has 230 valence electrons. The number of amides is 3. The number of benzene rings is 2. The van der Waals surface area contributed by atoms with E-state index in [1.54, 1.807) is 44.2 Å². The number of nitrogens with zero attached hydrogens (tertiary/aromatic N) is 1. The van der Waals surface area contributed by atoms with Crippen LogP contribution in [0.2, 0.25) is 0 Å². The van der Waals surface area contributed by atoms with Gasteiger partial charge in [-0.3, -0.25) is 4.79 Å². The highest BCUT2D eigenvalue weighted by Gasteiger charge is 2.32. The fraction of sp³-hybridized carbons (Fsp3) is 0.321. The minimum Gasteiger partial charge on any atom is -0.493 e. The van der Waals surface area contributed by atoms with Crippen LogP contribution < -0.4 is 35.0 Å². The maximum atomic E-state index is 12.6. The lowest BCUT2D eigenvalue weighted by atomic mass is 9.95. The number of ether oxygens (including phenoxy) is 6. The average Bonchev–Trinajstić information content (AvgIpc) is 2.98. The first kappa shape index (κ1) is 32.7. The van der Waals surface area contributed by atoms with Crippen molar-refractivity contribution in [1.82, 2.24) is 16.1 Å². The molecule has 0 unspecified atom stereocenters. The molecule has 3 N–H and O–H groups in total. The molecule has 1 aliphatic heterocycles. The smallest absolute Gasteiger partial charge is 0.343 e. The second-order valence-corrected chi connectivity index (χ2v) is 9.54. The second kappa shape index (κ2) is 15.4. The highest BCUT2D eigenvalue weighted by atomic mass is 79.9. The Labute approximate surface area is 255 Å². The van der Waals surface area contributed by atoms with Crippen LogP contribution in [0, 0.1) is 0 Å². The van der Waals surface area contributed by atoms with Gasteiger partial charge in [0.05, 0.1) is 50.2 Å². The van der Waals surface area contributed by atoms with Gasteiger partial charge in [0.1, 0.15) is 0 Å². The van der Waals surface area contributed by atoms with Gasteiger partial charge in [0.15, 0.2) is 36.2 Å². The van der Waals surface area contributed by atoms with Gasteiger partial charge in [-0.05, 0) is 65.2 Å². The second-order valence-electron chi connectivity index (χ2n) is 8.68. The summed E-state index contributed by atoms with van der Waals surface area (Å²) in [5, 5.41) is 9.23. The van der Waals surface area contributed by atoms with Gasteiger partial charge in [-0.2, -0.15) is 5.10 Å². The summed E-state index contributed by atoms with van der Waals surface area (Å²) in [5.41, 5.74) is 4.09. The van der Waals surface area contributed by atoms with Crippen LogP contribution in [-0.4, -0.2) is 71.2 Å². The summed E-state index contributed by atoms with van der Waals surface area (Å²) in [6.07, 6.45) is 1.38. The highest BCUT2D eigenvalue weighted by Crippen LogP contribution is 2.37. The topological polar surface area (TPSA) is 172 Å². The molecule has 0 radical (unpaired) electrons. The van der Waals surface area contributed by atoms with Crippen LogP contribution in [0.5, 0.6) is 23.0 Å². The fourth-order valence-corrected chi connectivity index (χ4v) is 4.48. The molecule has 0 aliphatic carbocycles. The predicted octanol–water partition coefficient (Wildman–Crippen LogP) is 2.74. The highest BCUT2D eigenvalue weighted by molar-refractivity contribution is 9.10. The Morgan fingerprint density at radius 3 is 2.44 bits per heavy atom. The molecule has 0 saturated heterocycles. The Balaban J connectivity index is 1.65. The fourth-order valence-electron chi connectivity index (χ4n) is 3.91. The standard InChI is InChI=1S/C28H31BrN4O10/c1-6-41-27(36)24-15(2)31-28(37)32-25(24)17-7-8-19(20(11-17)38-3)42-13-22(34)33-30-12-16-9-18(29)26(21(10-16)39-4)43-14-23(35)40-5/h7-12,25H,6,13-14H2,1-5H3,(H,33,34)(H2,31,32,37)/b30-12-/t25-/m1/s1. The minimum absolute atomic E-state index is 0.171. The molecule has 1 heterocycles. The van der Waals surface area contributed by atoms with Gasteiger partial charge in [0.25, 0.3) is 5.91 Å². The van der Waals surface area contributed by atoms with Crippen molar-refractivity contribution in [1.29, 1.82) is 0 Å². The molecular formula is C28H31BrN4O10. The zero-order valence-corrected chi connectivity index (χ0v) is 25.7. The van der Waals surface area contributed by atoms with Crippen molar-refractivity contribution < 1.29 is 47.6 Å². The van der Waals surface area contributed by atoms with Crippen molar-refractivity contribution in [2.45, 2.75) is 19.9 Å². The van der Waals surface area contributed by atoms with Gasteiger partial charge >= 0.3 is 18.0 Å². The lowest BCUT2D eigenvalue weighted by molar-refractivity contribution is -0.143. The molecule has 1 atom stereocenters. The van der Waals surface area contributed by atoms with E-state index in [9.17, 15) is 19.2 Å². The summed E-state index contributed by atoms with van der Waals surface area (Å²) in [4.78, 5) is 48.5. The molecule has 0 spiro atoms. The summed E-state index contributed by atoms with van der Waals surface area (Å²) in [6, 6.07) is 6.79. The van der Waals surface area contributed by atoms with Crippen molar-refractivity contribution in [3.63, 3.8) is 0 Å². The summed E-state index contributed by atoms with van der Waals surface area (Å²) in [7, 11) is 4.11. The third kappa shape index (κ3) is 8.61. The van der Waals surface area contributed by atoms with Crippen LogP contribution in [0.15, 0.2) is 51.2 Å². The van der Waals surface area contributed by atoms with Gasteiger partial charge in [-0.1, -0.05) is 6.07 Å². The number of hydrogen-bond acceptors (Lipinski definition) is 11. The van der Waals surface area contributed by atoms with E-state index in [0.717, 1.165) is 0 Å². The van der Waals surface area contributed by atoms with Crippen molar-refractivity contribution in [3.05, 3.63) is 57.2 Å². The number of hydrogen-bond donors (Lipinski definition) is 3. The summed E-state index contributed by atoms with van der Waals surface area (Å²) >= 11 is 3.36. The molecule has 2 aromatic rings. The molecule has 3 amide bonds. The molecule has 1 aliphatic rings. The van der Waals surface area contributed by atoms with E-state index in [2.05, 4.69) is 41.8 Å². The molecule has 3 rings (SSSR count). The summed E-state index contributed by atoms with van der Waals surface area (Å²) < 4.78 is 32.0. The van der Waals surface area contributed by atoms with E-state index in [0.29, 0.717) is 32.8 Å². The zero-order valence-electron chi connectivity index (χ0n) is 24.1. The van der Waals surface area contributed by atoms with Gasteiger partial charge in [0.2, 0.25) is 0 Å². The first-order valence-electron chi connectivity index (χ1n) is 12.8. The molecule has 0 saturated carbocycles. The number of halogens is 1. The molecule has 15 heteroatoms. The van der Waals surface area contributed by atoms with Crippen LogP contribution in [0.4, 0.5) is 4.79 Å². The zero-order chi connectivity index (χ0) is 31.5. The number of carbonyl (C=O) groups is 4. The van der Waals surface area contributed by atoms with Crippen LogP contribution in [0.3, 0.4) is 0 Å². The SMILES string of the molecule is CCOC(=O)C1=C(C)NC(=O)N[C@@H]1c1ccc(OCC(=O)N/N=C\c2cc(Br)c(OCC(=O)OC)c(OC)c2)c(OC)c1. The molecule has 0 fully saturated rings. The molecule has 43 heavy (non-hydrogen) atoms. The third-order valence-corrected chi connectivity index (χ3v) is 6.45. The largest absolute Gasteiger partial charge is 0.493 e. The van der Waals surface area contributed by atoms with E-state index in [-0.39, 0.29) is 30.3 Å². The number of hydrazone groups is 1. The monoisotopic (exact) mass is 662 g/mol. The quantitative estimate of drug-likeness (QED) is 0.164. The summed E-state index contributed by atoms with van der Waals surface area (Å²) in [5.74, 6) is -0.525. The van der Waals surface area contributed by atoms with Gasteiger partial charge in [-0.15, -0.1) is 0 Å². The van der Waals surface area contributed by atoms with E-state index in [1.807, 2.05) is 0 Å². The lowest BCUT2D eigenvalue weighted by Gasteiger charge is -2.28. The first-order valence-corrected chi connectivity index (χ1v) is 13.6. The first-order chi connectivity index (χ1) is 20.6. The maximum Gasteiger partial charge on any atom is 0.343 e. The molecule has 0 bridgehead atoms. The number of urea groups is 1. The van der Waals surface area contributed by atoms with Gasteiger partial charge in [0, 0.05) is 5.70 Å².